The Morgan fingerprint density at radius 3 is 2.19 bits per heavy atom. The molecule has 0 aromatic heterocycles. The number of hydrogen-bond donors (Lipinski definition) is 0. The average Bonchev–Trinajstić information content (AvgIpc) is 2.41. The molecular formula is C16H22O5. The molecule has 2 fully saturated rings. The van der Waals surface area contributed by atoms with E-state index in [2.05, 4.69) is 0 Å². The smallest absolute Gasteiger partial charge is 0.242 e. The number of hydrogen-bond acceptors (Lipinski definition) is 5. The Hall–Kier alpha value is -1.04. The van der Waals surface area contributed by atoms with Crippen LogP contribution >= 0.6 is 0 Å². The summed E-state index contributed by atoms with van der Waals surface area (Å²) in [7, 11) is 1.44. The first-order chi connectivity index (χ1) is 9.63. The van der Waals surface area contributed by atoms with Gasteiger partial charge >= 0.3 is 0 Å². The molecule has 5 nitrogen and oxygen atoms in total. The van der Waals surface area contributed by atoms with E-state index >= 15 is 0 Å². The Kier molecular flexibility index (Phi) is 2.85. The molecule has 2 aliphatic carbocycles. The van der Waals surface area contributed by atoms with Gasteiger partial charge in [0.05, 0.1) is 16.4 Å². The van der Waals surface area contributed by atoms with Crippen molar-refractivity contribution in [1.82, 2.24) is 0 Å². The quantitative estimate of drug-likeness (QED) is 0.549. The van der Waals surface area contributed by atoms with Crippen molar-refractivity contribution in [3.05, 3.63) is 11.6 Å². The average molecular weight is 294 g/mol. The van der Waals surface area contributed by atoms with Crippen molar-refractivity contribution in [1.29, 1.82) is 0 Å². The standard InChI is InChI=1S/C16H22O5/c1-13(2)11(17)10-9-15(7-6-8-15)20-21-16(10,19-5)14(3,4)12(13)18/h9H,6-8H2,1-5H3. The first-order valence-corrected chi connectivity index (χ1v) is 7.38. The fourth-order valence-electron chi connectivity index (χ4n) is 3.75. The Labute approximate surface area is 124 Å². The number of Topliss-reactive ketones (excluding diaryl/α,β-unsaturated/α-hetero) is 2. The van der Waals surface area contributed by atoms with E-state index in [4.69, 9.17) is 14.5 Å². The molecule has 2 saturated carbocycles. The van der Waals surface area contributed by atoms with Gasteiger partial charge in [0.1, 0.15) is 5.60 Å². The Bertz CT molecular complexity index is 553. The van der Waals surface area contributed by atoms with Gasteiger partial charge in [-0.05, 0) is 53.0 Å². The maximum absolute atomic E-state index is 12.9. The molecule has 1 atom stereocenters. The van der Waals surface area contributed by atoms with Crippen molar-refractivity contribution in [3.63, 3.8) is 0 Å². The molecule has 0 saturated heterocycles. The van der Waals surface area contributed by atoms with Crippen molar-refractivity contribution in [3.8, 4) is 0 Å². The molecule has 0 radical (unpaired) electrons. The molecule has 0 aromatic rings. The van der Waals surface area contributed by atoms with E-state index < -0.39 is 22.2 Å². The predicted molar refractivity (Wildman–Crippen MR) is 74.2 cm³/mol. The summed E-state index contributed by atoms with van der Waals surface area (Å²) in [6, 6.07) is 0. The van der Waals surface area contributed by atoms with E-state index in [9.17, 15) is 9.59 Å². The third kappa shape index (κ3) is 1.57. The van der Waals surface area contributed by atoms with Gasteiger partial charge in [-0.25, -0.2) is 4.89 Å². The number of carbonyl (C=O) groups is 2. The van der Waals surface area contributed by atoms with E-state index in [-0.39, 0.29) is 11.6 Å². The van der Waals surface area contributed by atoms with E-state index in [0.717, 1.165) is 19.3 Å². The number of fused-ring (bicyclic) bond motifs is 1. The summed E-state index contributed by atoms with van der Waals surface area (Å²) >= 11 is 0. The van der Waals surface area contributed by atoms with Gasteiger partial charge in [-0.15, -0.1) is 0 Å². The van der Waals surface area contributed by atoms with Crippen molar-refractivity contribution in [2.24, 2.45) is 10.8 Å². The zero-order valence-electron chi connectivity index (χ0n) is 13.2. The summed E-state index contributed by atoms with van der Waals surface area (Å²) in [5, 5.41) is 0. The highest BCUT2D eigenvalue weighted by Crippen LogP contribution is 2.56. The van der Waals surface area contributed by atoms with Crippen LogP contribution < -0.4 is 0 Å². The Morgan fingerprint density at radius 2 is 1.71 bits per heavy atom. The zero-order valence-corrected chi connectivity index (χ0v) is 13.2. The molecule has 0 amide bonds. The lowest BCUT2D eigenvalue weighted by Crippen LogP contribution is -2.68. The number of ketones is 2. The minimum absolute atomic E-state index is 0.202. The highest BCUT2D eigenvalue weighted by molar-refractivity contribution is 6.19. The second-order valence-corrected chi connectivity index (χ2v) is 7.37. The number of carbonyl (C=O) groups excluding carboxylic acids is 2. The second-order valence-electron chi connectivity index (χ2n) is 7.37. The van der Waals surface area contributed by atoms with Gasteiger partial charge in [0.15, 0.2) is 11.6 Å². The van der Waals surface area contributed by atoms with Crippen LogP contribution in [0.25, 0.3) is 0 Å². The van der Waals surface area contributed by atoms with Gasteiger partial charge in [-0.3, -0.25) is 9.59 Å². The highest BCUT2D eigenvalue weighted by atomic mass is 17.2. The van der Waals surface area contributed by atoms with Gasteiger partial charge in [-0.2, -0.15) is 4.89 Å². The maximum atomic E-state index is 12.9. The SMILES string of the molecule is COC12OOC3(C=C1C(=O)C(C)(C)C(=O)C2(C)C)CCC3. The van der Waals surface area contributed by atoms with Crippen LogP contribution in [0.2, 0.25) is 0 Å². The van der Waals surface area contributed by atoms with Crippen LogP contribution in [0.1, 0.15) is 47.0 Å². The van der Waals surface area contributed by atoms with E-state index in [0.29, 0.717) is 5.57 Å². The van der Waals surface area contributed by atoms with Crippen LogP contribution in [-0.4, -0.2) is 30.1 Å². The topological polar surface area (TPSA) is 61.8 Å². The van der Waals surface area contributed by atoms with Crippen LogP contribution in [0.15, 0.2) is 11.6 Å². The molecule has 0 aromatic carbocycles. The van der Waals surface area contributed by atoms with Crippen LogP contribution in [0.5, 0.6) is 0 Å². The van der Waals surface area contributed by atoms with Gasteiger partial charge < -0.3 is 4.74 Å². The first-order valence-electron chi connectivity index (χ1n) is 7.38. The minimum Gasteiger partial charge on any atom is -0.346 e. The number of methoxy groups -OCH3 is 1. The third-order valence-corrected chi connectivity index (χ3v) is 5.34. The molecule has 1 spiro atoms. The molecule has 5 heteroatoms. The van der Waals surface area contributed by atoms with Crippen LogP contribution in [0.3, 0.4) is 0 Å². The second kappa shape index (κ2) is 4.03. The molecule has 0 N–H and O–H groups in total. The fourth-order valence-corrected chi connectivity index (χ4v) is 3.75. The Balaban J connectivity index is 2.21. The van der Waals surface area contributed by atoms with Crippen molar-refractivity contribution >= 4 is 11.6 Å². The monoisotopic (exact) mass is 294 g/mol. The number of rotatable bonds is 1. The van der Waals surface area contributed by atoms with Crippen molar-refractivity contribution in [2.45, 2.75) is 58.3 Å². The van der Waals surface area contributed by atoms with Crippen LogP contribution in [-0.2, 0) is 24.1 Å². The van der Waals surface area contributed by atoms with Crippen LogP contribution in [0.4, 0.5) is 0 Å². The number of ether oxygens (including phenoxy) is 1. The summed E-state index contributed by atoms with van der Waals surface area (Å²) in [5.41, 5.74) is -2.20. The largest absolute Gasteiger partial charge is 0.346 e. The highest BCUT2D eigenvalue weighted by Gasteiger charge is 2.69. The molecule has 3 aliphatic rings. The fraction of sp³-hybridized carbons (Fsp3) is 0.750. The summed E-state index contributed by atoms with van der Waals surface area (Å²) in [5.74, 6) is -1.90. The molecule has 1 aliphatic heterocycles. The normalized spacial score (nSPS) is 36.0. The third-order valence-electron chi connectivity index (χ3n) is 5.34. The molecule has 21 heavy (non-hydrogen) atoms. The summed E-state index contributed by atoms with van der Waals surface area (Å²) < 4.78 is 5.54. The molecule has 1 heterocycles. The Morgan fingerprint density at radius 1 is 1.10 bits per heavy atom. The molecule has 3 rings (SSSR count). The van der Waals surface area contributed by atoms with Crippen molar-refractivity contribution in [2.75, 3.05) is 7.11 Å². The van der Waals surface area contributed by atoms with Gasteiger partial charge in [0.2, 0.25) is 5.79 Å². The van der Waals surface area contributed by atoms with Gasteiger partial charge in [0.25, 0.3) is 0 Å². The molecule has 0 bridgehead atoms. The van der Waals surface area contributed by atoms with Crippen LogP contribution in [0, 0.1) is 10.8 Å². The van der Waals surface area contributed by atoms with E-state index in [1.807, 2.05) is 6.08 Å². The zero-order chi connectivity index (χ0) is 15.7. The van der Waals surface area contributed by atoms with E-state index in [1.165, 1.54) is 7.11 Å². The maximum Gasteiger partial charge on any atom is 0.242 e. The van der Waals surface area contributed by atoms with Gasteiger partial charge in [-0.1, -0.05) is 0 Å². The summed E-state index contributed by atoms with van der Waals surface area (Å²) in [6.07, 6.45) is 4.51. The lowest BCUT2D eigenvalue weighted by molar-refractivity contribution is -0.478. The van der Waals surface area contributed by atoms with E-state index in [1.54, 1.807) is 27.7 Å². The first kappa shape index (κ1) is 14.9. The summed E-state index contributed by atoms with van der Waals surface area (Å²) in [6.45, 7) is 6.82. The minimum atomic E-state index is -1.46. The molecule has 116 valence electrons. The lowest BCUT2D eigenvalue weighted by atomic mass is 9.57. The van der Waals surface area contributed by atoms with Gasteiger partial charge in [0, 0.05) is 7.11 Å². The molecule has 1 unspecified atom stereocenters. The lowest BCUT2D eigenvalue weighted by Gasteiger charge is -2.55. The predicted octanol–water partition coefficient (Wildman–Crippen LogP) is 2.34. The summed E-state index contributed by atoms with van der Waals surface area (Å²) in [4.78, 5) is 36.8. The molecular weight excluding hydrogens is 272 g/mol. The van der Waals surface area contributed by atoms with Crippen molar-refractivity contribution < 1.29 is 24.1 Å².